The third-order valence-electron chi connectivity index (χ3n) is 4.92. The second kappa shape index (κ2) is 8.22. The number of aromatic nitrogens is 4. The van der Waals surface area contributed by atoms with Crippen LogP contribution >= 0.6 is 0 Å². The zero-order valence-corrected chi connectivity index (χ0v) is 16.5. The molecule has 1 aliphatic heterocycles. The summed E-state index contributed by atoms with van der Waals surface area (Å²) in [5.41, 5.74) is 3.66. The molecule has 0 radical (unpaired) electrons. The normalized spacial score (nSPS) is 14.0. The number of carbonyl (C=O) groups is 1. The number of aryl methyl sites for hydroxylation is 2. The molecule has 0 saturated carbocycles. The number of amides is 1. The number of anilines is 3. The van der Waals surface area contributed by atoms with Gasteiger partial charge >= 0.3 is 0 Å². The third-order valence-corrected chi connectivity index (χ3v) is 4.92. The lowest BCUT2D eigenvalue weighted by molar-refractivity contribution is 0.0740. The van der Waals surface area contributed by atoms with E-state index in [-0.39, 0.29) is 5.91 Å². The summed E-state index contributed by atoms with van der Waals surface area (Å²) in [6.07, 6.45) is 6.58. The lowest BCUT2D eigenvalue weighted by atomic mass is 10.1. The van der Waals surface area contributed by atoms with Crippen LogP contribution in [0.4, 0.5) is 17.5 Å². The predicted octanol–water partition coefficient (Wildman–Crippen LogP) is 2.59. The Kier molecular flexibility index (Phi) is 5.33. The molecule has 148 valence electrons. The highest BCUT2D eigenvalue weighted by molar-refractivity contribution is 5.92. The number of benzene rings is 1. The summed E-state index contributed by atoms with van der Waals surface area (Å²) in [5.74, 6) is 1.20. The van der Waals surface area contributed by atoms with Gasteiger partial charge in [0.05, 0.1) is 12.4 Å². The number of rotatable bonds is 4. The first-order valence-electron chi connectivity index (χ1n) is 9.58. The minimum atomic E-state index is -0.107. The Morgan fingerprint density at radius 1 is 0.966 bits per heavy atom. The molecule has 2 aromatic heterocycles. The molecule has 8 nitrogen and oxygen atoms in total. The Morgan fingerprint density at radius 2 is 1.72 bits per heavy atom. The van der Waals surface area contributed by atoms with Crippen molar-refractivity contribution in [3.63, 3.8) is 0 Å². The molecule has 0 atom stereocenters. The Bertz CT molecular complexity index is 984. The molecule has 1 amide bonds. The molecule has 3 heterocycles. The van der Waals surface area contributed by atoms with Crippen LogP contribution in [0.5, 0.6) is 0 Å². The quantitative estimate of drug-likeness (QED) is 0.734. The van der Waals surface area contributed by atoms with Crippen LogP contribution in [-0.2, 0) is 0 Å². The molecular formula is C21H23N7O. The molecule has 1 N–H and O–H groups in total. The molecule has 0 bridgehead atoms. The van der Waals surface area contributed by atoms with E-state index in [1.807, 2.05) is 19.1 Å². The number of hydrogen-bond donors (Lipinski definition) is 1. The van der Waals surface area contributed by atoms with Crippen LogP contribution in [0.25, 0.3) is 0 Å². The van der Waals surface area contributed by atoms with Gasteiger partial charge in [0.15, 0.2) is 0 Å². The van der Waals surface area contributed by atoms with Crippen LogP contribution in [0, 0.1) is 13.8 Å². The van der Waals surface area contributed by atoms with Gasteiger partial charge in [-0.15, -0.1) is 0 Å². The van der Waals surface area contributed by atoms with E-state index in [0.717, 1.165) is 11.3 Å². The van der Waals surface area contributed by atoms with E-state index in [4.69, 9.17) is 0 Å². The fourth-order valence-electron chi connectivity index (χ4n) is 3.32. The number of carbonyl (C=O) groups excluding carboxylic acids is 1. The Hall–Kier alpha value is -3.55. The molecule has 4 rings (SSSR count). The molecule has 1 aromatic carbocycles. The Morgan fingerprint density at radius 3 is 2.38 bits per heavy atom. The van der Waals surface area contributed by atoms with Crippen molar-refractivity contribution in [1.82, 2.24) is 24.8 Å². The minimum Gasteiger partial charge on any atom is -0.339 e. The monoisotopic (exact) mass is 389 g/mol. The van der Waals surface area contributed by atoms with E-state index in [1.165, 1.54) is 11.8 Å². The molecular weight excluding hydrogens is 366 g/mol. The lowest BCUT2D eigenvalue weighted by Crippen LogP contribution is -2.49. The average molecular weight is 389 g/mol. The van der Waals surface area contributed by atoms with E-state index in [2.05, 4.69) is 43.1 Å². The van der Waals surface area contributed by atoms with Crippen molar-refractivity contribution in [1.29, 1.82) is 0 Å². The zero-order chi connectivity index (χ0) is 20.2. The number of hydrogen-bond acceptors (Lipinski definition) is 7. The van der Waals surface area contributed by atoms with Gasteiger partial charge in [-0.25, -0.2) is 19.9 Å². The van der Waals surface area contributed by atoms with Gasteiger partial charge < -0.3 is 15.1 Å². The van der Waals surface area contributed by atoms with E-state index in [9.17, 15) is 4.79 Å². The van der Waals surface area contributed by atoms with Crippen LogP contribution in [0.1, 0.15) is 21.6 Å². The summed E-state index contributed by atoms with van der Waals surface area (Å²) in [4.78, 5) is 33.8. The van der Waals surface area contributed by atoms with Crippen LogP contribution in [0.2, 0.25) is 0 Å². The maximum atomic E-state index is 12.8. The average Bonchev–Trinajstić information content (AvgIpc) is 2.76. The van der Waals surface area contributed by atoms with Crippen molar-refractivity contribution in [3.8, 4) is 0 Å². The van der Waals surface area contributed by atoms with Crippen molar-refractivity contribution in [2.24, 2.45) is 0 Å². The fraction of sp³-hybridized carbons (Fsp3) is 0.286. The lowest BCUT2D eigenvalue weighted by Gasteiger charge is -2.34. The van der Waals surface area contributed by atoms with E-state index >= 15 is 0 Å². The second-order valence-corrected chi connectivity index (χ2v) is 7.06. The maximum Gasteiger partial charge on any atom is 0.274 e. The molecule has 1 fully saturated rings. The van der Waals surface area contributed by atoms with Crippen molar-refractivity contribution in [2.45, 2.75) is 13.8 Å². The largest absolute Gasteiger partial charge is 0.339 e. The molecule has 0 aliphatic carbocycles. The van der Waals surface area contributed by atoms with Gasteiger partial charge in [0.2, 0.25) is 5.95 Å². The van der Waals surface area contributed by atoms with Gasteiger partial charge in [-0.1, -0.05) is 17.7 Å². The first-order chi connectivity index (χ1) is 14.1. The number of piperazine rings is 1. The number of nitrogens with zero attached hydrogens (tertiary/aromatic N) is 6. The van der Waals surface area contributed by atoms with Gasteiger partial charge in [0.1, 0.15) is 11.5 Å². The molecule has 0 unspecified atom stereocenters. The molecule has 1 saturated heterocycles. The van der Waals surface area contributed by atoms with E-state index in [1.54, 1.807) is 29.6 Å². The van der Waals surface area contributed by atoms with Crippen LogP contribution in [-0.4, -0.2) is 56.9 Å². The zero-order valence-electron chi connectivity index (χ0n) is 16.5. The predicted molar refractivity (Wildman–Crippen MR) is 111 cm³/mol. The fourth-order valence-corrected chi connectivity index (χ4v) is 3.32. The van der Waals surface area contributed by atoms with Crippen LogP contribution < -0.4 is 10.2 Å². The first kappa shape index (κ1) is 18.8. The molecule has 0 spiro atoms. The third kappa shape index (κ3) is 4.31. The molecule has 8 heteroatoms. The van der Waals surface area contributed by atoms with Gasteiger partial charge in [-0.2, -0.15) is 0 Å². The van der Waals surface area contributed by atoms with Crippen molar-refractivity contribution < 1.29 is 4.79 Å². The van der Waals surface area contributed by atoms with Crippen molar-refractivity contribution in [2.75, 3.05) is 36.4 Å². The summed E-state index contributed by atoms with van der Waals surface area (Å²) in [5, 5.41) is 3.25. The second-order valence-electron chi connectivity index (χ2n) is 7.06. The van der Waals surface area contributed by atoms with Crippen molar-refractivity contribution >= 4 is 23.4 Å². The topological polar surface area (TPSA) is 87.1 Å². The number of nitrogens with one attached hydrogen (secondary N) is 1. The highest BCUT2D eigenvalue weighted by Gasteiger charge is 2.24. The van der Waals surface area contributed by atoms with E-state index < -0.39 is 0 Å². The highest BCUT2D eigenvalue weighted by Crippen LogP contribution is 2.20. The van der Waals surface area contributed by atoms with Crippen molar-refractivity contribution in [3.05, 3.63) is 65.9 Å². The summed E-state index contributed by atoms with van der Waals surface area (Å²) >= 11 is 0. The standard InChI is InChI=1S/C21H23N7O/c1-15-4-5-17(16(2)12-15)26-19-14-24-18(13-25-19)20(29)27-8-10-28(11-9-27)21-22-6-3-7-23-21/h3-7,12-14H,8-11H2,1-2H3,(H,25,26). The molecule has 1 aliphatic rings. The summed E-state index contributed by atoms with van der Waals surface area (Å²) in [6.45, 7) is 6.68. The molecule has 29 heavy (non-hydrogen) atoms. The molecule has 3 aromatic rings. The summed E-state index contributed by atoms with van der Waals surface area (Å²) < 4.78 is 0. The highest BCUT2D eigenvalue weighted by atomic mass is 16.2. The smallest absolute Gasteiger partial charge is 0.274 e. The maximum absolute atomic E-state index is 12.8. The summed E-state index contributed by atoms with van der Waals surface area (Å²) in [6, 6.07) is 7.95. The van der Waals surface area contributed by atoms with Crippen LogP contribution in [0.3, 0.4) is 0 Å². The van der Waals surface area contributed by atoms with E-state index in [0.29, 0.717) is 43.6 Å². The van der Waals surface area contributed by atoms with Gasteiger partial charge in [0, 0.05) is 44.3 Å². The Balaban J connectivity index is 1.37. The van der Waals surface area contributed by atoms with Crippen LogP contribution in [0.15, 0.2) is 49.1 Å². The first-order valence-corrected chi connectivity index (χ1v) is 9.58. The SMILES string of the molecule is Cc1ccc(Nc2cnc(C(=O)N3CCN(c4ncccn4)CC3)cn2)c(C)c1. The van der Waals surface area contributed by atoms with Gasteiger partial charge in [0.25, 0.3) is 5.91 Å². The summed E-state index contributed by atoms with van der Waals surface area (Å²) in [7, 11) is 0. The van der Waals surface area contributed by atoms with Gasteiger partial charge in [-0.3, -0.25) is 4.79 Å². The van der Waals surface area contributed by atoms with Gasteiger partial charge in [-0.05, 0) is 31.5 Å². The Labute approximate surface area is 169 Å². The minimum absolute atomic E-state index is 0.107.